The summed E-state index contributed by atoms with van der Waals surface area (Å²) in [5, 5.41) is 4.80. The molecular formula is C14H10ClN7. The summed E-state index contributed by atoms with van der Waals surface area (Å²) in [6.07, 6.45) is 6.27. The summed E-state index contributed by atoms with van der Waals surface area (Å²) < 4.78 is 3.52. The van der Waals surface area contributed by atoms with Crippen LogP contribution < -0.4 is 0 Å². The van der Waals surface area contributed by atoms with Crippen LogP contribution in [0.15, 0.2) is 49.6 Å². The van der Waals surface area contributed by atoms with Crippen LogP contribution in [0.4, 0.5) is 0 Å². The van der Waals surface area contributed by atoms with Crippen molar-refractivity contribution >= 4 is 22.8 Å². The van der Waals surface area contributed by atoms with Crippen molar-refractivity contribution in [3.05, 3.63) is 60.2 Å². The Labute approximate surface area is 130 Å². The number of hydrogen-bond acceptors (Lipinski definition) is 5. The minimum absolute atomic E-state index is 0.604. The number of hydrogen-bond donors (Lipinski definition) is 0. The van der Waals surface area contributed by atoms with Gasteiger partial charge in [-0.1, -0.05) is 23.7 Å². The van der Waals surface area contributed by atoms with Gasteiger partial charge in [0.25, 0.3) is 0 Å². The molecule has 1 aromatic carbocycles. The Hall–Kier alpha value is -2.80. The van der Waals surface area contributed by atoms with E-state index in [-0.39, 0.29) is 0 Å². The molecule has 0 aliphatic carbocycles. The molecule has 0 aliphatic rings. The van der Waals surface area contributed by atoms with Crippen LogP contribution in [0.3, 0.4) is 0 Å². The highest BCUT2D eigenvalue weighted by Crippen LogP contribution is 2.18. The lowest BCUT2D eigenvalue weighted by molar-refractivity contribution is 0.810. The van der Waals surface area contributed by atoms with Gasteiger partial charge in [-0.2, -0.15) is 5.10 Å². The molecule has 0 atom stereocenters. The van der Waals surface area contributed by atoms with Gasteiger partial charge < -0.3 is 4.57 Å². The fraction of sp³-hybridized carbons (Fsp3) is 0.0714. The summed E-state index contributed by atoms with van der Waals surface area (Å²) in [5.74, 6) is 0.604. The highest BCUT2D eigenvalue weighted by molar-refractivity contribution is 6.30. The average molecular weight is 312 g/mol. The molecule has 8 heteroatoms. The van der Waals surface area contributed by atoms with Crippen molar-refractivity contribution in [2.24, 2.45) is 0 Å². The van der Waals surface area contributed by atoms with Gasteiger partial charge in [-0.15, -0.1) is 0 Å². The van der Waals surface area contributed by atoms with Crippen molar-refractivity contribution < 1.29 is 0 Å². The quantitative estimate of drug-likeness (QED) is 0.579. The van der Waals surface area contributed by atoms with E-state index in [9.17, 15) is 0 Å². The lowest BCUT2D eigenvalue weighted by Gasteiger charge is -2.05. The van der Waals surface area contributed by atoms with Crippen LogP contribution in [0, 0.1) is 0 Å². The van der Waals surface area contributed by atoms with Gasteiger partial charge in [0.2, 0.25) is 0 Å². The summed E-state index contributed by atoms with van der Waals surface area (Å²) in [6.45, 7) is 0.630. The Balaban J connectivity index is 1.79. The molecule has 0 spiro atoms. The molecule has 0 unspecified atom stereocenters. The van der Waals surface area contributed by atoms with Gasteiger partial charge in [-0.25, -0.2) is 24.6 Å². The predicted molar refractivity (Wildman–Crippen MR) is 80.8 cm³/mol. The Morgan fingerprint density at radius 2 is 2.00 bits per heavy atom. The Morgan fingerprint density at radius 1 is 1.05 bits per heavy atom. The third kappa shape index (κ3) is 2.21. The van der Waals surface area contributed by atoms with E-state index in [0.29, 0.717) is 22.9 Å². The summed E-state index contributed by atoms with van der Waals surface area (Å²) in [4.78, 5) is 16.9. The lowest BCUT2D eigenvalue weighted by atomic mass is 10.2. The van der Waals surface area contributed by atoms with E-state index in [1.54, 1.807) is 17.3 Å². The largest absolute Gasteiger partial charge is 0.311 e. The van der Waals surface area contributed by atoms with Crippen LogP contribution >= 0.6 is 11.6 Å². The van der Waals surface area contributed by atoms with E-state index in [1.165, 1.54) is 12.7 Å². The van der Waals surface area contributed by atoms with E-state index >= 15 is 0 Å². The normalized spacial score (nSPS) is 11.1. The number of benzene rings is 1. The topological polar surface area (TPSA) is 74.3 Å². The second-order valence-corrected chi connectivity index (χ2v) is 5.15. The van der Waals surface area contributed by atoms with Crippen LogP contribution in [0.25, 0.3) is 17.0 Å². The SMILES string of the molecule is Clc1cccc(Cn2cnc3c(-n4cncn4)ncnc32)c1. The Morgan fingerprint density at radius 3 is 2.82 bits per heavy atom. The standard InChI is InChI=1S/C14H10ClN7/c15-11-3-1-2-10(4-11)5-21-9-19-12-13(21)17-7-18-14(12)22-8-16-6-20-22/h1-4,6-9H,5H2. The minimum atomic E-state index is 0.604. The van der Waals surface area contributed by atoms with Crippen LogP contribution in [0.2, 0.25) is 5.02 Å². The number of aromatic nitrogens is 7. The maximum atomic E-state index is 6.03. The first-order chi connectivity index (χ1) is 10.8. The second kappa shape index (κ2) is 5.19. The molecule has 0 N–H and O–H groups in total. The van der Waals surface area contributed by atoms with Crippen molar-refractivity contribution in [1.29, 1.82) is 0 Å². The van der Waals surface area contributed by atoms with Crippen molar-refractivity contribution in [1.82, 2.24) is 34.3 Å². The Kier molecular flexibility index (Phi) is 3.05. The molecule has 0 saturated carbocycles. The van der Waals surface area contributed by atoms with E-state index < -0.39 is 0 Å². The van der Waals surface area contributed by atoms with Gasteiger partial charge in [0.1, 0.15) is 19.0 Å². The highest BCUT2D eigenvalue weighted by Gasteiger charge is 2.12. The molecule has 0 fully saturated rings. The molecular weight excluding hydrogens is 302 g/mol. The molecule has 0 radical (unpaired) electrons. The molecule has 7 nitrogen and oxygen atoms in total. The number of rotatable bonds is 3. The third-order valence-corrected chi connectivity index (χ3v) is 3.49. The summed E-state index contributed by atoms with van der Waals surface area (Å²) >= 11 is 6.03. The van der Waals surface area contributed by atoms with Gasteiger partial charge in [-0.05, 0) is 17.7 Å². The zero-order chi connectivity index (χ0) is 14.9. The van der Waals surface area contributed by atoms with Gasteiger partial charge in [-0.3, -0.25) is 0 Å². The fourth-order valence-electron chi connectivity index (χ4n) is 2.30. The smallest absolute Gasteiger partial charge is 0.186 e. The molecule has 3 heterocycles. The van der Waals surface area contributed by atoms with Crippen LogP contribution in [0.5, 0.6) is 0 Å². The summed E-state index contributed by atoms with van der Waals surface area (Å²) in [5.41, 5.74) is 2.49. The predicted octanol–water partition coefficient (Wildman–Crippen LogP) is 2.11. The van der Waals surface area contributed by atoms with Crippen molar-refractivity contribution in [2.75, 3.05) is 0 Å². The van der Waals surface area contributed by atoms with E-state index in [4.69, 9.17) is 11.6 Å². The molecule has 0 amide bonds. The van der Waals surface area contributed by atoms with E-state index in [2.05, 4.69) is 25.0 Å². The van der Waals surface area contributed by atoms with Gasteiger partial charge >= 0.3 is 0 Å². The maximum absolute atomic E-state index is 6.03. The van der Waals surface area contributed by atoms with Crippen LogP contribution in [0.1, 0.15) is 5.56 Å². The second-order valence-electron chi connectivity index (χ2n) is 4.71. The van der Waals surface area contributed by atoms with Gasteiger partial charge in [0.05, 0.1) is 12.9 Å². The third-order valence-electron chi connectivity index (χ3n) is 3.26. The zero-order valence-corrected chi connectivity index (χ0v) is 12.1. The molecule has 0 bridgehead atoms. The first-order valence-corrected chi connectivity index (χ1v) is 6.94. The number of imidazole rings is 1. The molecule has 108 valence electrons. The molecule has 0 aliphatic heterocycles. The first kappa shape index (κ1) is 12.9. The molecule has 0 saturated heterocycles. The minimum Gasteiger partial charge on any atom is -0.311 e. The summed E-state index contributed by atoms with van der Waals surface area (Å²) in [7, 11) is 0. The monoisotopic (exact) mass is 311 g/mol. The van der Waals surface area contributed by atoms with Gasteiger partial charge in [0.15, 0.2) is 17.0 Å². The highest BCUT2D eigenvalue weighted by atomic mass is 35.5. The fourth-order valence-corrected chi connectivity index (χ4v) is 2.51. The van der Waals surface area contributed by atoms with Crippen molar-refractivity contribution in [3.63, 3.8) is 0 Å². The zero-order valence-electron chi connectivity index (χ0n) is 11.3. The van der Waals surface area contributed by atoms with Gasteiger partial charge in [0, 0.05) is 5.02 Å². The number of nitrogens with zero attached hydrogens (tertiary/aromatic N) is 7. The molecule has 4 rings (SSSR count). The first-order valence-electron chi connectivity index (χ1n) is 6.56. The molecule has 3 aromatic heterocycles. The van der Waals surface area contributed by atoms with Crippen molar-refractivity contribution in [2.45, 2.75) is 6.54 Å². The summed E-state index contributed by atoms with van der Waals surface area (Å²) in [6, 6.07) is 7.71. The molecule has 4 aromatic rings. The average Bonchev–Trinajstić information content (AvgIpc) is 3.17. The van der Waals surface area contributed by atoms with Crippen molar-refractivity contribution in [3.8, 4) is 5.82 Å². The van der Waals surface area contributed by atoms with Crippen LogP contribution in [-0.4, -0.2) is 34.3 Å². The van der Waals surface area contributed by atoms with Crippen LogP contribution in [-0.2, 0) is 6.54 Å². The molecule has 22 heavy (non-hydrogen) atoms. The lowest BCUT2D eigenvalue weighted by Crippen LogP contribution is -2.03. The Bertz CT molecular complexity index is 929. The maximum Gasteiger partial charge on any atom is 0.186 e. The van der Waals surface area contributed by atoms with E-state index in [1.807, 2.05) is 28.8 Å². The van der Waals surface area contributed by atoms with E-state index in [0.717, 1.165) is 11.2 Å². The number of fused-ring (bicyclic) bond motifs is 1. The number of halogens is 1.